The van der Waals surface area contributed by atoms with Gasteiger partial charge in [0.25, 0.3) is 0 Å². The Kier molecular flexibility index (Phi) is 2.82. The van der Waals surface area contributed by atoms with Gasteiger partial charge in [-0.2, -0.15) is 0 Å². The Morgan fingerprint density at radius 1 is 0.941 bits per heavy atom. The standard InChI is InChI=1S/C14H17N3/c1-3-7-13(8-4-1)17-11-14(15-12-17)16-9-5-2-6-10-16/h1,3-4,7-8,11-12H,2,5-6,9-10H2. The normalized spacial score (nSPS) is 16.1. The largest absolute Gasteiger partial charge is 0.355 e. The molecule has 0 amide bonds. The van der Waals surface area contributed by atoms with Gasteiger partial charge in [0.1, 0.15) is 12.1 Å². The summed E-state index contributed by atoms with van der Waals surface area (Å²) in [6.45, 7) is 2.29. The van der Waals surface area contributed by atoms with Crippen molar-refractivity contribution in [3.05, 3.63) is 42.9 Å². The summed E-state index contributed by atoms with van der Waals surface area (Å²) in [6, 6.07) is 10.3. The average Bonchev–Trinajstić information content (AvgIpc) is 2.90. The SMILES string of the molecule is c1ccc(-n2cnc(N3CCCCC3)c2)cc1. The Balaban J connectivity index is 1.83. The zero-order valence-corrected chi connectivity index (χ0v) is 9.92. The molecule has 1 aliphatic heterocycles. The minimum atomic E-state index is 1.11. The topological polar surface area (TPSA) is 21.1 Å². The zero-order chi connectivity index (χ0) is 11.5. The van der Waals surface area contributed by atoms with E-state index in [0.29, 0.717) is 0 Å². The van der Waals surface area contributed by atoms with Crippen molar-refractivity contribution in [1.82, 2.24) is 9.55 Å². The molecule has 0 bridgehead atoms. The lowest BCUT2D eigenvalue weighted by atomic mass is 10.1. The molecule has 88 valence electrons. The molecule has 2 heterocycles. The molecule has 0 saturated carbocycles. The van der Waals surface area contributed by atoms with E-state index in [1.807, 2.05) is 12.4 Å². The van der Waals surface area contributed by atoms with Gasteiger partial charge in [0.2, 0.25) is 0 Å². The predicted molar refractivity (Wildman–Crippen MR) is 69.6 cm³/mol. The highest BCUT2D eigenvalue weighted by Gasteiger charge is 2.13. The van der Waals surface area contributed by atoms with Gasteiger partial charge in [0, 0.05) is 18.8 Å². The van der Waals surface area contributed by atoms with Crippen LogP contribution in [-0.2, 0) is 0 Å². The summed E-state index contributed by atoms with van der Waals surface area (Å²) in [5, 5.41) is 0. The first-order chi connectivity index (χ1) is 8.43. The molecule has 1 aromatic carbocycles. The first kappa shape index (κ1) is 10.4. The van der Waals surface area contributed by atoms with Crippen LogP contribution in [0.3, 0.4) is 0 Å². The van der Waals surface area contributed by atoms with Gasteiger partial charge < -0.3 is 9.47 Å². The molecular weight excluding hydrogens is 210 g/mol. The lowest BCUT2D eigenvalue weighted by Crippen LogP contribution is -2.29. The number of piperidine rings is 1. The Hall–Kier alpha value is -1.77. The lowest BCUT2D eigenvalue weighted by molar-refractivity contribution is 0.574. The van der Waals surface area contributed by atoms with Crippen molar-refractivity contribution in [2.24, 2.45) is 0 Å². The third-order valence-electron chi connectivity index (χ3n) is 3.30. The Morgan fingerprint density at radius 2 is 1.71 bits per heavy atom. The molecule has 1 aliphatic rings. The molecule has 0 radical (unpaired) electrons. The Morgan fingerprint density at radius 3 is 2.47 bits per heavy atom. The van der Waals surface area contributed by atoms with Crippen LogP contribution in [0.1, 0.15) is 19.3 Å². The van der Waals surface area contributed by atoms with Crippen LogP contribution in [0.4, 0.5) is 5.82 Å². The molecule has 2 aromatic rings. The van der Waals surface area contributed by atoms with Crippen molar-refractivity contribution in [3.63, 3.8) is 0 Å². The molecule has 0 aliphatic carbocycles. The van der Waals surface area contributed by atoms with Crippen molar-refractivity contribution in [3.8, 4) is 5.69 Å². The van der Waals surface area contributed by atoms with E-state index in [4.69, 9.17) is 0 Å². The van der Waals surface area contributed by atoms with E-state index in [1.54, 1.807) is 0 Å². The minimum Gasteiger partial charge on any atom is -0.355 e. The Bertz CT molecular complexity index is 469. The van der Waals surface area contributed by atoms with Crippen molar-refractivity contribution in [1.29, 1.82) is 0 Å². The summed E-state index contributed by atoms with van der Waals surface area (Å²) in [5.41, 5.74) is 1.17. The number of benzene rings is 1. The molecule has 0 spiro atoms. The number of hydrogen-bond donors (Lipinski definition) is 0. The number of para-hydroxylation sites is 1. The van der Waals surface area contributed by atoms with Crippen LogP contribution < -0.4 is 4.90 Å². The van der Waals surface area contributed by atoms with Gasteiger partial charge in [-0.1, -0.05) is 18.2 Å². The molecular formula is C14H17N3. The number of anilines is 1. The molecule has 3 nitrogen and oxygen atoms in total. The molecule has 3 rings (SSSR count). The molecule has 0 atom stereocenters. The second-order valence-corrected chi connectivity index (χ2v) is 4.52. The molecule has 17 heavy (non-hydrogen) atoms. The fraction of sp³-hybridized carbons (Fsp3) is 0.357. The van der Waals surface area contributed by atoms with E-state index < -0.39 is 0 Å². The quantitative estimate of drug-likeness (QED) is 0.786. The predicted octanol–water partition coefficient (Wildman–Crippen LogP) is 2.86. The summed E-state index contributed by atoms with van der Waals surface area (Å²) < 4.78 is 2.09. The molecule has 1 fully saturated rings. The summed E-state index contributed by atoms with van der Waals surface area (Å²) >= 11 is 0. The van der Waals surface area contributed by atoms with Gasteiger partial charge in [0.05, 0.1) is 6.20 Å². The van der Waals surface area contributed by atoms with Crippen molar-refractivity contribution < 1.29 is 0 Å². The number of nitrogens with zero attached hydrogens (tertiary/aromatic N) is 3. The maximum Gasteiger partial charge on any atom is 0.147 e. The maximum absolute atomic E-state index is 4.51. The van der Waals surface area contributed by atoms with Crippen LogP contribution in [0.15, 0.2) is 42.9 Å². The lowest BCUT2D eigenvalue weighted by Gasteiger charge is -2.26. The zero-order valence-electron chi connectivity index (χ0n) is 9.92. The first-order valence-electron chi connectivity index (χ1n) is 6.28. The second kappa shape index (κ2) is 4.62. The fourth-order valence-corrected chi connectivity index (χ4v) is 2.34. The molecule has 1 saturated heterocycles. The number of imidazole rings is 1. The van der Waals surface area contributed by atoms with E-state index in [1.165, 1.54) is 24.9 Å². The van der Waals surface area contributed by atoms with Crippen LogP contribution in [-0.4, -0.2) is 22.6 Å². The van der Waals surface area contributed by atoms with E-state index in [0.717, 1.165) is 18.9 Å². The van der Waals surface area contributed by atoms with E-state index in [9.17, 15) is 0 Å². The number of hydrogen-bond acceptors (Lipinski definition) is 2. The van der Waals surface area contributed by atoms with Gasteiger partial charge in [0.15, 0.2) is 0 Å². The molecule has 0 N–H and O–H groups in total. The third kappa shape index (κ3) is 2.18. The van der Waals surface area contributed by atoms with Crippen LogP contribution in [0.2, 0.25) is 0 Å². The van der Waals surface area contributed by atoms with E-state index >= 15 is 0 Å². The van der Waals surface area contributed by atoms with Gasteiger partial charge in [-0.15, -0.1) is 0 Å². The van der Waals surface area contributed by atoms with Crippen molar-refractivity contribution in [2.75, 3.05) is 18.0 Å². The Labute approximate surface area is 102 Å². The smallest absolute Gasteiger partial charge is 0.147 e. The summed E-state index contributed by atoms with van der Waals surface area (Å²) in [4.78, 5) is 6.88. The summed E-state index contributed by atoms with van der Waals surface area (Å²) in [6.07, 6.45) is 7.96. The van der Waals surface area contributed by atoms with E-state index in [-0.39, 0.29) is 0 Å². The fourth-order valence-electron chi connectivity index (χ4n) is 2.34. The van der Waals surface area contributed by atoms with Crippen LogP contribution in [0.5, 0.6) is 0 Å². The van der Waals surface area contributed by atoms with Crippen LogP contribution in [0.25, 0.3) is 5.69 Å². The molecule has 1 aromatic heterocycles. The minimum absolute atomic E-state index is 1.11. The van der Waals surface area contributed by atoms with E-state index in [2.05, 4.69) is 44.9 Å². The van der Waals surface area contributed by atoms with Gasteiger partial charge in [-0.05, 0) is 31.4 Å². The first-order valence-corrected chi connectivity index (χ1v) is 6.28. The van der Waals surface area contributed by atoms with Crippen molar-refractivity contribution in [2.45, 2.75) is 19.3 Å². The van der Waals surface area contributed by atoms with Crippen LogP contribution >= 0.6 is 0 Å². The molecule has 3 heteroatoms. The van der Waals surface area contributed by atoms with Gasteiger partial charge >= 0.3 is 0 Å². The summed E-state index contributed by atoms with van der Waals surface area (Å²) in [5.74, 6) is 1.11. The van der Waals surface area contributed by atoms with Crippen LogP contribution in [0, 0.1) is 0 Å². The van der Waals surface area contributed by atoms with Gasteiger partial charge in [-0.3, -0.25) is 0 Å². The highest BCUT2D eigenvalue weighted by molar-refractivity contribution is 5.41. The maximum atomic E-state index is 4.51. The highest BCUT2D eigenvalue weighted by Crippen LogP contribution is 2.19. The summed E-state index contributed by atoms with van der Waals surface area (Å²) in [7, 11) is 0. The van der Waals surface area contributed by atoms with Gasteiger partial charge in [-0.25, -0.2) is 4.98 Å². The second-order valence-electron chi connectivity index (χ2n) is 4.52. The number of aromatic nitrogens is 2. The monoisotopic (exact) mass is 227 g/mol. The molecule has 0 unspecified atom stereocenters. The third-order valence-corrected chi connectivity index (χ3v) is 3.30. The highest BCUT2D eigenvalue weighted by atomic mass is 15.2. The number of rotatable bonds is 2. The van der Waals surface area contributed by atoms with Crippen molar-refractivity contribution >= 4 is 5.82 Å². The average molecular weight is 227 g/mol.